The quantitative estimate of drug-likeness (QED) is 0.403. The highest BCUT2D eigenvalue weighted by Gasteiger charge is 2.67. The molecule has 0 radical (unpaired) electrons. The van der Waals surface area contributed by atoms with Gasteiger partial charge in [0.1, 0.15) is 6.17 Å². The molecule has 0 aromatic heterocycles. The standard InChI is InChI=1S/C25H28BrFO6/c1-13(28)32-12-22(31)25(33-14(2)29)8-6-17-15-9-20(27)18-10-21(30)19(26)11-23(18,3)16(15)5-7-24(17,25)4/h5,10-11,15,17,20H,6-9,12H2,1-4H3/t15-,17+,20-,23-,24+,25?/m1/s1. The molecule has 33 heavy (non-hydrogen) atoms. The van der Waals surface area contributed by atoms with Crippen molar-refractivity contribution < 1.29 is 33.0 Å². The Morgan fingerprint density at radius 3 is 2.52 bits per heavy atom. The van der Waals surface area contributed by atoms with E-state index < -0.39 is 46.9 Å². The monoisotopic (exact) mass is 522 g/mol. The summed E-state index contributed by atoms with van der Waals surface area (Å²) in [6.45, 7) is 5.86. The smallest absolute Gasteiger partial charge is 0.303 e. The fourth-order valence-electron chi connectivity index (χ4n) is 6.80. The molecule has 0 aromatic carbocycles. The summed E-state index contributed by atoms with van der Waals surface area (Å²) in [6.07, 6.45) is 5.46. The van der Waals surface area contributed by atoms with Gasteiger partial charge in [-0.1, -0.05) is 24.6 Å². The lowest BCUT2D eigenvalue weighted by atomic mass is 9.51. The van der Waals surface area contributed by atoms with Gasteiger partial charge in [0, 0.05) is 24.7 Å². The van der Waals surface area contributed by atoms with E-state index in [2.05, 4.69) is 15.9 Å². The number of fused-ring (bicyclic) bond motifs is 5. The van der Waals surface area contributed by atoms with Crippen LogP contribution >= 0.6 is 15.9 Å². The molecule has 0 spiro atoms. The first-order valence-electron chi connectivity index (χ1n) is 11.2. The second-order valence-electron chi connectivity index (χ2n) is 10.0. The minimum absolute atomic E-state index is 0.112. The van der Waals surface area contributed by atoms with E-state index in [1.54, 1.807) is 6.08 Å². The summed E-state index contributed by atoms with van der Waals surface area (Å²) in [5.74, 6) is -2.14. The number of ketones is 2. The van der Waals surface area contributed by atoms with Crippen molar-refractivity contribution in [1.82, 2.24) is 0 Å². The van der Waals surface area contributed by atoms with Crippen LogP contribution in [0.5, 0.6) is 0 Å². The number of alkyl halides is 1. The number of esters is 2. The maximum absolute atomic E-state index is 15.5. The average molecular weight is 523 g/mol. The van der Waals surface area contributed by atoms with E-state index in [0.29, 0.717) is 29.3 Å². The Kier molecular flexibility index (Phi) is 5.83. The average Bonchev–Trinajstić information content (AvgIpc) is 3.01. The second kappa shape index (κ2) is 8.00. The predicted molar refractivity (Wildman–Crippen MR) is 121 cm³/mol. The lowest BCUT2D eigenvalue weighted by Gasteiger charge is -2.54. The highest BCUT2D eigenvalue weighted by Crippen LogP contribution is 2.66. The van der Waals surface area contributed by atoms with E-state index in [4.69, 9.17) is 9.47 Å². The number of hydrogen-bond acceptors (Lipinski definition) is 6. The van der Waals surface area contributed by atoms with E-state index in [-0.39, 0.29) is 24.0 Å². The third-order valence-corrected chi connectivity index (χ3v) is 8.91. The van der Waals surface area contributed by atoms with Gasteiger partial charge in [-0.25, -0.2) is 4.39 Å². The Labute approximate surface area is 200 Å². The highest BCUT2D eigenvalue weighted by atomic mass is 79.9. The first kappa shape index (κ1) is 24.0. The first-order valence-corrected chi connectivity index (χ1v) is 12.0. The zero-order chi connectivity index (χ0) is 24.3. The third kappa shape index (κ3) is 3.47. The summed E-state index contributed by atoms with van der Waals surface area (Å²) >= 11 is 3.32. The minimum atomic E-state index is -1.44. The number of Topliss-reactive ketones (excluding diaryl/α,β-unsaturated/α-hetero) is 1. The number of carbonyl (C=O) groups excluding carboxylic acids is 4. The van der Waals surface area contributed by atoms with Crippen molar-refractivity contribution in [2.45, 2.75) is 65.2 Å². The topological polar surface area (TPSA) is 86.7 Å². The lowest BCUT2D eigenvalue weighted by Crippen LogP contribution is -2.58. The van der Waals surface area contributed by atoms with Crippen molar-refractivity contribution in [3.8, 4) is 0 Å². The number of allylic oxidation sites excluding steroid dienone is 6. The largest absolute Gasteiger partial charge is 0.458 e. The molecular formula is C25H28BrFO6. The van der Waals surface area contributed by atoms with Crippen molar-refractivity contribution in [1.29, 1.82) is 0 Å². The van der Waals surface area contributed by atoms with Gasteiger partial charge >= 0.3 is 11.9 Å². The highest BCUT2D eigenvalue weighted by molar-refractivity contribution is 9.12. The zero-order valence-corrected chi connectivity index (χ0v) is 20.8. The third-order valence-electron chi connectivity index (χ3n) is 8.29. The van der Waals surface area contributed by atoms with Crippen molar-refractivity contribution >= 4 is 39.4 Å². The molecule has 0 amide bonds. The van der Waals surface area contributed by atoms with Gasteiger partial charge in [-0.3, -0.25) is 19.2 Å². The van der Waals surface area contributed by atoms with Gasteiger partial charge in [0.05, 0.1) is 4.48 Å². The Bertz CT molecular complexity index is 1040. The molecule has 4 rings (SSSR count). The molecule has 2 fully saturated rings. The number of rotatable bonds is 4. The van der Waals surface area contributed by atoms with Crippen molar-refractivity contribution in [2.75, 3.05) is 6.61 Å². The van der Waals surface area contributed by atoms with Crippen LogP contribution in [0.3, 0.4) is 0 Å². The fraction of sp³-hybridized carbons (Fsp3) is 0.600. The molecule has 0 heterocycles. The Morgan fingerprint density at radius 2 is 1.88 bits per heavy atom. The van der Waals surface area contributed by atoms with Crippen LogP contribution in [0.4, 0.5) is 4.39 Å². The first-order chi connectivity index (χ1) is 15.4. The second-order valence-corrected chi connectivity index (χ2v) is 10.9. The number of hydrogen-bond donors (Lipinski definition) is 0. The Morgan fingerprint density at radius 1 is 1.18 bits per heavy atom. The molecular weight excluding hydrogens is 495 g/mol. The summed E-state index contributed by atoms with van der Waals surface area (Å²) in [5.41, 5.74) is -1.43. The molecule has 6 atom stereocenters. The zero-order valence-electron chi connectivity index (χ0n) is 19.2. The van der Waals surface area contributed by atoms with Gasteiger partial charge < -0.3 is 9.47 Å². The minimum Gasteiger partial charge on any atom is -0.458 e. The van der Waals surface area contributed by atoms with Gasteiger partial charge in [0.25, 0.3) is 0 Å². The maximum Gasteiger partial charge on any atom is 0.303 e. The van der Waals surface area contributed by atoms with Crippen LogP contribution < -0.4 is 0 Å². The van der Waals surface area contributed by atoms with E-state index >= 15 is 4.39 Å². The van der Waals surface area contributed by atoms with Crippen LogP contribution in [-0.4, -0.2) is 41.9 Å². The summed E-state index contributed by atoms with van der Waals surface area (Å²) < 4.78 is 26.6. The van der Waals surface area contributed by atoms with E-state index in [0.717, 1.165) is 5.57 Å². The normalized spacial score (nSPS) is 39.3. The predicted octanol–water partition coefficient (Wildman–Crippen LogP) is 4.32. The van der Waals surface area contributed by atoms with Crippen LogP contribution in [0.15, 0.2) is 33.9 Å². The van der Waals surface area contributed by atoms with Gasteiger partial charge in [-0.05, 0) is 72.0 Å². The molecule has 1 unspecified atom stereocenters. The van der Waals surface area contributed by atoms with Crippen LogP contribution in [0.25, 0.3) is 0 Å². The fourth-order valence-corrected chi connectivity index (χ4v) is 7.37. The number of carbonyl (C=O) groups is 4. The van der Waals surface area contributed by atoms with Gasteiger partial charge in [-0.2, -0.15) is 0 Å². The van der Waals surface area contributed by atoms with Crippen molar-refractivity contribution in [3.05, 3.63) is 33.9 Å². The summed E-state index contributed by atoms with van der Waals surface area (Å²) in [5, 5.41) is 0. The van der Waals surface area contributed by atoms with Gasteiger partial charge in [-0.15, -0.1) is 0 Å². The van der Waals surface area contributed by atoms with Crippen LogP contribution in [0, 0.1) is 22.7 Å². The molecule has 6 nitrogen and oxygen atoms in total. The van der Waals surface area contributed by atoms with Crippen LogP contribution in [0.1, 0.15) is 53.4 Å². The molecule has 178 valence electrons. The molecule has 2 saturated carbocycles. The molecule has 4 aliphatic carbocycles. The summed E-state index contributed by atoms with van der Waals surface area (Å²) in [6, 6.07) is 0. The molecule has 0 aromatic rings. The lowest BCUT2D eigenvalue weighted by molar-refractivity contribution is -0.184. The van der Waals surface area contributed by atoms with Crippen LogP contribution in [-0.2, 0) is 28.7 Å². The van der Waals surface area contributed by atoms with Gasteiger partial charge in [0.2, 0.25) is 5.78 Å². The Hall–Kier alpha value is -2.09. The van der Waals surface area contributed by atoms with E-state index in [1.807, 2.05) is 19.9 Å². The number of ether oxygens (including phenoxy) is 2. The van der Waals surface area contributed by atoms with Crippen molar-refractivity contribution in [3.63, 3.8) is 0 Å². The van der Waals surface area contributed by atoms with E-state index in [1.165, 1.54) is 19.9 Å². The SMILES string of the molecule is CC(=O)OCC(=O)C1(OC(C)=O)CC[C@H]2[C@@H]3C[C@@H](F)C4=CC(=O)C(Br)=C[C@]4(C)C3=CC[C@@]21C. The molecule has 0 bridgehead atoms. The van der Waals surface area contributed by atoms with Gasteiger partial charge in [0.15, 0.2) is 18.0 Å². The molecule has 8 heteroatoms. The Balaban J connectivity index is 1.78. The molecule has 0 saturated heterocycles. The van der Waals surface area contributed by atoms with E-state index in [9.17, 15) is 19.2 Å². The number of halogens is 2. The van der Waals surface area contributed by atoms with Crippen molar-refractivity contribution in [2.24, 2.45) is 22.7 Å². The molecule has 4 aliphatic rings. The molecule has 0 aliphatic heterocycles. The van der Waals surface area contributed by atoms with Crippen LogP contribution in [0.2, 0.25) is 0 Å². The summed E-state index contributed by atoms with van der Waals surface area (Å²) in [4.78, 5) is 49.0. The maximum atomic E-state index is 15.5. The molecule has 0 N–H and O–H groups in total. The summed E-state index contributed by atoms with van der Waals surface area (Å²) in [7, 11) is 0.